The number of hydrogen-bond acceptors (Lipinski definition) is 6. The zero-order chi connectivity index (χ0) is 15.0. The summed E-state index contributed by atoms with van der Waals surface area (Å²) in [5, 5.41) is 0. The molecule has 0 amide bonds. The predicted molar refractivity (Wildman–Crippen MR) is 75.6 cm³/mol. The Morgan fingerprint density at radius 1 is 1.48 bits per heavy atom. The third-order valence-electron chi connectivity index (χ3n) is 3.31. The molecule has 1 saturated heterocycles. The number of hydrogen-bond donors (Lipinski definition) is 0. The largest absolute Gasteiger partial charge is 0.482 e. The molecule has 1 aromatic rings. The smallest absolute Gasteiger partial charge is 0.345 e. The first-order valence-corrected chi connectivity index (χ1v) is 7.78. The first-order chi connectivity index (χ1) is 10.0. The second-order valence-electron chi connectivity index (χ2n) is 4.69. The van der Waals surface area contributed by atoms with Crippen LogP contribution in [-0.4, -0.2) is 53.1 Å². The Bertz CT molecular complexity index is 682. The maximum absolute atomic E-state index is 11.7. The molecule has 0 unspecified atom stereocenters. The van der Waals surface area contributed by atoms with Crippen molar-refractivity contribution in [3.05, 3.63) is 11.6 Å². The molecule has 2 aliphatic rings. The standard InChI is InChI=1S/C12H15N3O5S/c1-15-11-8(6-13-21(15,16)17)5-10(12(14-11)18-2)20-9-3-4-19-7-9/h5-6,9H,3-4,7H2,1-2H3/t9-/m0/s1. The van der Waals surface area contributed by atoms with E-state index < -0.39 is 10.2 Å². The van der Waals surface area contributed by atoms with Gasteiger partial charge in [-0.3, -0.25) is 0 Å². The zero-order valence-corrected chi connectivity index (χ0v) is 12.5. The van der Waals surface area contributed by atoms with Crippen LogP contribution in [-0.2, 0) is 14.9 Å². The molecular weight excluding hydrogens is 298 g/mol. The van der Waals surface area contributed by atoms with Gasteiger partial charge in [-0.2, -0.15) is 17.8 Å². The van der Waals surface area contributed by atoms with E-state index in [1.54, 1.807) is 6.07 Å². The molecule has 0 aliphatic carbocycles. The highest BCUT2D eigenvalue weighted by Crippen LogP contribution is 2.34. The molecule has 8 nitrogen and oxygen atoms in total. The van der Waals surface area contributed by atoms with Crippen molar-refractivity contribution in [3.63, 3.8) is 0 Å². The van der Waals surface area contributed by atoms with Crippen LogP contribution in [0.5, 0.6) is 11.6 Å². The van der Waals surface area contributed by atoms with Crippen molar-refractivity contribution in [2.45, 2.75) is 12.5 Å². The number of fused-ring (bicyclic) bond motifs is 1. The predicted octanol–water partition coefficient (Wildman–Crippen LogP) is 0.371. The van der Waals surface area contributed by atoms with Gasteiger partial charge in [0.1, 0.15) is 6.10 Å². The van der Waals surface area contributed by atoms with Gasteiger partial charge in [-0.15, -0.1) is 0 Å². The Hall–Kier alpha value is -1.87. The van der Waals surface area contributed by atoms with Gasteiger partial charge in [0.15, 0.2) is 11.6 Å². The molecule has 1 aromatic heterocycles. The normalized spacial score (nSPS) is 23.0. The van der Waals surface area contributed by atoms with Crippen molar-refractivity contribution >= 4 is 22.2 Å². The summed E-state index contributed by atoms with van der Waals surface area (Å²) in [6, 6.07) is 1.67. The van der Waals surface area contributed by atoms with E-state index in [9.17, 15) is 8.42 Å². The Kier molecular flexibility index (Phi) is 3.46. The van der Waals surface area contributed by atoms with Crippen molar-refractivity contribution in [2.75, 3.05) is 31.7 Å². The van der Waals surface area contributed by atoms with Crippen LogP contribution in [0.3, 0.4) is 0 Å². The minimum absolute atomic E-state index is 0.0549. The SMILES string of the molecule is COc1nc2c(cc1O[C@H]1CCOC1)C=NS(=O)(=O)N2C. The fourth-order valence-electron chi connectivity index (χ4n) is 2.15. The van der Waals surface area contributed by atoms with E-state index in [-0.39, 0.29) is 17.8 Å². The molecule has 0 saturated carbocycles. The molecule has 3 heterocycles. The van der Waals surface area contributed by atoms with Gasteiger partial charge in [-0.05, 0) is 6.07 Å². The molecule has 9 heteroatoms. The maximum Gasteiger partial charge on any atom is 0.345 e. The van der Waals surface area contributed by atoms with Crippen molar-refractivity contribution in [1.29, 1.82) is 0 Å². The van der Waals surface area contributed by atoms with Crippen molar-refractivity contribution < 1.29 is 22.6 Å². The van der Waals surface area contributed by atoms with Gasteiger partial charge in [0.25, 0.3) is 5.88 Å². The molecule has 0 spiro atoms. The number of pyridine rings is 1. The van der Waals surface area contributed by atoms with Crippen LogP contribution in [0.2, 0.25) is 0 Å². The molecule has 21 heavy (non-hydrogen) atoms. The molecule has 0 N–H and O–H groups in total. The summed E-state index contributed by atoms with van der Waals surface area (Å²) in [7, 11) is -0.863. The molecule has 0 radical (unpaired) electrons. The first kappa shape index (κ1) is 14.1. The van der Waals surface area contributed by atoms with Crippen LogP contribution in [0.25, 0.3) is 0 Å². The van der Waals surface area contributed by atoms with Crippen molar-refractivity contribution in [3.8, 4) is 11.6 Å². The minimum Gasteiger partial charge on any atom is -0.482 e. The molecule has 0 aromatic carbocycles. The Labute approximate surface area is 122 Å². The summed E-state index contributed by atoms with van der Waals surface area (Å²) in [4.78, 5) is 4.22. The Balaban J connectivity index is 2.00. The van der Waals surface area contributed by atoms with Crippen LogP contribution in [0, 0.1) is 0 Å². The summed E-state index contributed by atoms with van der Waals surface area (Å²) < 4.78 is 44.2. The third-order valence-corrected chi connectivity index (χ3v) is 4.54. The highest BCUT2D eigenvalue weighted by Gasteiger charge is 2.28. The van der Waals surface area contributed by atoms with Crippen LogP contribution in [0.15, 0.2) is 10.5 Å². The topological polar surface area (TPSA) is 90.3 Å². The molecule has 3 rings (SSSR count). The Morgan fingerprint density at radius 3 is 2.95 bits per heavy atom. The number of nitrogens with zero attached hydrogens (tertiary/aromatic N) is 3. The zero-order valence-electron chi connectivity index (χ0n) is 11.6. The van der Waals surface area contributed by atoms with Gasteiger partial charge in [0, 0.05) is 19.0 Å². The number of aromatic nitrogens is 1. The molecule has 114 valence electrons. The lowest BCUT2D eigenvalue weighted by molar-refractivity contribution is 0.138. The van der Waals surface area contributed by atoms with Crippen molar-refractivity contribution in [1.82, 2.24) is 4.98 Å². The number of rotatable bonds is 3. The van der Waals surface area contributed by atoms with Crippen LogP contribution in [0.1, 0.15) is 12.0 Å². The molecule has 1 fully saturated rings. The number of anilines is 1. The summed E-state index contributed by atoms with van der Waals surface area (Å²) >= 11 is 0. The maximum atomic E-state index is 11.7. The quantitative estimate of drug-likeness (QED) is 0.801. The molecule has 0 bridgehead atoms. The van der Waals surface area contributed by atoms with E-state index in [4.69, 9.17) is 14.2 Å². The molecule has 1 atom stereocenters. The van der Waals surface area contributed by atoms with Gasteiger partial charge in [-0.25, -0.2) is 4.31 Å². The monoisotopic (exact) mass is 313 g/mol. The van der Waals surface area contributed by atoms with E-state index in [2.05, 4.69) is 9.38 Å². The summed E-state index contributed by atoms with van der Waals surface area (Å²) in [6.45, 7) is 1.18. The van der Waals surface area contributed by atoms with Gasteiger partial charge in [0.05, 0.1) is 26.5 Å². The van der Waals surface area contributed by atoms with E-state index >= 15 is 0 Å². The number of methoxy groups -OCH3 is 1. The van der Waals surface area contributed by atoms with Crippen LogP contribution in [0.4, 0.5) is 5.82 Å². The van der Waals surface area contributed by atoms with E-state index in [1.165, 1.54) is 20.4 Å². The third kappa shape index (κ3) is 2.54. The van der Waals surface area contributed by atoms with E-state index in [0.717, 1.165) is 10.7 Å². The highest BCUT2D eigenvalue weighted by molar-refractivity contribution is 7.91. The molecular formula is C12H15N3O5S. The lowest BCUT2D eigenvalue weighted by Crippen LogP contribution is -2.29. The first-order valence-electron chi connectivity index (χ1n) is 6.39. The van der Waals surface area contributed by atoms with Crippen LogP contribution < -0.4 is 13.8 Å². The summed E-state index contributed by atoms with van der Waals surface area (Å²) in [5.41, 5.74) is 0.557. The summed E-state index contributed by atoms with van der Waals surface area (Å²) in [5.74, 6) is 0.945. The van der Waals surface area contributed by atoms with Gasteiger partial charge < -0.3 is 14.2 Å². The van der Waals surface area contributed by atoms with Gasteiger partial charge in [-0.1, -0.05) is 0 Å². The second kappa shape index (κ2) is 5.15. The highest BCUT2D eigenvalue weighted by atomic mass is 32.2. The minimum atomic E-state index is -3.71. The average molecular weight is 313 g/mol. The summed E-state index contributed by atoms with van der Waals surface area (Å²) in [6.07, 6.45) is 2.00. The fourth-order valence-corrected chi connectivity index (χ4v) is 2.90. The van der Waals surface area contributed by atoms with Crippen molar-refractivity contribution in [2.24, 2.45) is 4.40 Å². The fraction of sp³-hybridized carbons (Fsp3) is 0.500. The lowest BCUT2D eigenvalue weighted by Gasteiger charge is -2.23. The lowest BCUT2D eigenvalue weighted by atomic mass is 10.2. The molecule has 2 aliphatic heterocycles. The Morgan fingerprint density at radius 2 is 2.29 bits per heavy atom. The van der Waals surface area contributed by atoms with Gasteiger partial charge in [0.2, 0.25) is 0 Å². The second-order valence-corrected chi connectivity index (χ2v) is 6.35. The number of ether oxygens (including phenoxy) is 3. The van der Waals surface area contributed by atoms with Crippen LogP contribution >= 0.6 is 0 Å². The van der Waals surface area contributed by atoms with Gasteiger partial charge >= 0.3 is 10.2 Å². The van der Waals surface area contributed by atoms with E-state index in [0.29, 0.717) is 24.5 Å². The average Bonchev–Trinajstić information content (AvgIpc) is 2.96. The van der Waals surface area contributed by atoms with E-state index in [1.807, 2.05) is 0 Å².